The molecule has 0 radical (unpaired) electrons. The summed E-state index contributed by atoms with van der Waals surface area (Å²) in [6.07, 6.45) is 11.0. The largest absolute Gasteiger partial charge is 0.0533 e. The van der Waals surface area contributed by atoms with Gasteiger partial charge in [-0.3, -0.25) is 0 Å². The average molecular weight is 136 g/mol. The Morgan fingerprint density at radius 2 is 1.70 bits per heavy atom. The van der Waals surface area contributed by atoms with Gasteiger partial charge in [0.1, 0.15) is 0 Å². The Morgan fingerprint density at radius 3 is 2.50 bits per heavy atom. The lowest BCUT2D eigenvalue weighted by Crippen LogP contribution is -2.13. The standard InChI is InChI=1S/C10H16/c1-2-4-8-9-5-7-10(8,9)6-3-1/h8-9H,1-7H2. The Hall–Kier alpha value is 0. The Morgan fingerprint density at radius 1 is 0.800 bits per heavy atom. The fraction of sp³-hybridized carbons (Fsp3) is 1.00. The van der Waals surface area contributed by atoms with Crippen LogP contribution in [0.4, 0.5) is 0 Å². The summed E-state index contributed by atoms with van der Waals surface area (Å²) in [5.41, 5.74) is 0.969. The minimum atomic E-state index is 0.969. The van der Waals surface area contributed by atoms with Crippen molar-refractivity contribution in [1.29, 1.82) is 0 Å². The van der Waals surface area contributed by atoms with Crippen molar-refractivity contribution in [1.82, 2.24) is 0 Å². The maximum atomic E-state index is 1.60. The molecule has 0 aromatic rings. The molecule has 0 N–H and O–H groups in total. The fourth-order valence-corrected chi connectivity index (χ4v) is 3.72. The molecule has 0 heterocycles. The van der Waals surface area contributed by atoms with E-state index in [0.717, 1.165) is 5.41 Å². The third kappa shape index (κ3) is 0.466. The molecule has 10 heavy (non-hydrogen) atoms. The van der Waals surface area contributed by atoms with Crippen LogP contribution >= 0.6 is 0 Å². The maximum absolute atomic E-state index is 1.60. The zero-order chi connectivity index (χ0) is 6.60. The van der Waals surface area contributed by atoms with Gasteiger partial charge in [0, 0.05) is 0 Å². The van der Waals surface area contributed by atoms with Gasteiger partial charge in [-0.05, 0) is 42.9 Å². The van der Waals surface area contributed by atoms with Crippen molar-refractivity contribution >= 4 is 0 Å². The first kappa shape index (κ1) is 5.62. The lowest BCUT2D eigenvalue weighted by atomic mass is 9.81. The summed E-state index contributed by atoms with van der Waals surface area (Å²) in [5, 5.41) is 0. The van der Waals surface area contributed by atoms with Gasteiger partial charge in [-0.15, -0.1) is 0 Å². The summed E-state index contributed by atoms with van der Waals surface area (Å²) >= 11 is 0. The van der Waals surface area contributed by atoms with Gasteiger partial charge in [-0.2, -0.15) is 0 Å². The quantitative estimate of drug-likeness (QED) is 0.480. The second kappa shape index (κ2) is 1.60. The summed E-state index contributed by atoms with van der Waals surface area (Å²) in [5.74, 6) is 2.45. The van der Waals surface area contributed by atoms with Gasteiger partial charge in [0.25, 0.3) is 0 Å². The molecule has 0 aromatic carbocycles. The molecule has 0 saturated heterocycles. The van der Waals surface area contributed by atoms with E-state index in [-0.39, 0.29) is 0 Å². The second-order valence-electron chi connectivity index (χ2n) is 4.58. The first-order valence-corrected chi connectivity index (χ1v) is 4.93. The minimum Gasteiger partial charge on any atom is -0.0533 e. The third-order valence-electron chi connectivity index (χ3n) is 4.43. The molecule has 0 nitrogen and oxygen atoms in total. The van der Waals surface area contributed by atoms with Crippen LogP contribution in [0, 0.1) is 17.3 Å². The van der Waals surface area contributed by atoms with Crippen LogP contribution in [0.15, 0.2) is 0 Å². The summed E-state index contributed by atoms with van der Waals surface area (Å²) < 4.78 is 0. The Kier molecular flexibility index (Phi) is 0.898. The number of hydrogen-bond donors (Lipinski definition) is 0. The van der Waals surface area contributed by atoms with Gasteiger partial charge >= 0.3 is 0 Å². The Balaban J connectivity index is 1.82. The lowest BCUT2D eigenvalue weighted by Gasteiger charge is -2.24. The molecule has 56 valence electrons. The van der Waals surface area contributed by atoms with E-state index in [1.54, 1.807) is 38.5 Å². The molecule has 3 fully saturated rings. The van der Waals surface area contributed by atoms with Crippen molar-refractivity contribution in [3.8, 4) is 0 Å². The van der Waals surface area contributed by atoms with Crippen LogP contribution < -0.4 is 0 Å². The smallest absolute Gasteiger partial charge is 0.0235 e. The van der Waals surface area contributed by atoms with Crippen LogP contribution in [0.1, 0.15) is 44.9 Å². The summed E-state index contributed by atoms with van der Waals surface area (Å²) in [6, 6.07) is 0. The van der Waals surface area contributed by atoms with Crippen LogP contribution in [-0.2, 0) is 0 Å². The fourth-order valence-electron chi connectivity index (χ4n) is 3.72. The Bertz CT molecular complexity index is 161. The van der Waals surface area contributed by atoms with Crippen molar-refractivity contribution in [2.24, 2.45) is 17.3 Å². The highest BCUT2D eigenvalue weighted by atomic mass is 14.7. The van der Waals surface area contributed by atoms with Crippen LogP contribution in [0.3, 0.4) is 0 Å². The monoisotopic (exact) mass is 136 g/mol. The predicted octanol–water partition coefficient (Wildman–Crippen LogP) is 2.98. The molecule has 0 aromatic heterocycles. The van der Waals surface area contributed by atoms with E-state index in [9.17, 15) is 0 Å². The molecular formula is C10H16. The second-order valence-corrected chi connectivity index (χ2v) is 4.58. The molecule has 3 aliphatic rings. The van der Waals surface area contributed by atoms with Gasteiger partial charge in [0.2, 0.25) is 0 Å². The van der Waals surface area contributed by atoms with E-state index in [2.05, 4.69) is 0 Å². The first-order chi connectivity index (χ1) is 4.93. The molecule has 0 aliphatic heterocycles. The maximum Gasteiger partial charge on any atom is -0.0235 e. The minimum absolute atomic E-state index is 0.969. The lowest BCUT2D eigenvalue weighted by molar-refractivity contribution is 0.265. The molecule has 3 saturated carbocycles. The Labute approximate surface area is 63.0 Å². The van der Waals surface area contributed by atoms with Crippen LogP contribution in [0.2, 0.25) is 0 Å². The molecule has 0 bridgehead atoms. The zero-order valence-corrected chi connectivity index (χ0v) is 6.60. The van der Waals surface area contributed by atoms with Crippen LogP contribution in [-0.4, -0.2) is 0 Å². The van der Waals surface area contributed by atoms with E-state index >= 15 is 0 Å². The van der Waals surface area contributed by atoms with Crippen molar-refractivity contribution < 1.29 is 0 Å². The van der Waals surface area contributed by atoms with Crippen molar-refractivity contribution in [2.45, 2.75) is 44.9 Å². The molecule has 1 spiro atoms. The molecule has 0 amide bonds. The van der Waals surface area contributed by atoms with Crippen molar-refractivity contribution in [3.63, 3.8) is 0 Å². The number of rotatable bonds is 0. The molecule has 3 unspecified atom stereocenters. The highest BCUT2D eigenvalue weighted by molar-refractivity contribution is 5.17. The van der Waals surface area contributed by atoms with E-state index in [1.165, 1.54) is 18.3 Å². The van der Waals surface area contributed by atoms with Gasteiger partial charge in [0.05, 0.1) is 0 Å². The molecule has 3 aliphatic carbocycles. The predicted molar refractivity (Wildman–Crippen MR) is 41.7 cm³/mol. The van der Waals surface area contributed by atoms with Crippen molar-refractivity contribution in [2.75, 3.05) is 0 Å². The molecule has 0 heteroatoms. The summed E-state index contributed by atoms with van der Waals surface area (Å²) in [7, 11) is 0. The van der Waals surface area contributed by atoms with E-state index in [0.29, 0.717) is 0 Å². The van der Waals surface area contributed by atoms with Crippen LogP contribution in [0.5, 0.6) is 0 Å². The van der Waals surface area contributed by atoms with Gasteiger partial charge in [0.15, 0.2) is 0 Å². The van der Waals surface area contributed by atoms with Crippen LogP contribution in [0.25, 0.3) is 0 Å². The zero-order valence-electron chi connectivity index (χ0n) is 6.60. The number of fused-ring (bicyclic) bond motifs is 1. The van der Waals surface area contributed by atoms with E-state index in [4.69, 9.17) is 0 Å². The molecule has 3 rings (SSSR count). The van der Waals surface area contributed by atoms with E-state index in [1.807, 2.05) is 0 Å². The molecular weight excluding hydrogens is 120 g/mol. The first-order valence-electron chi connectivity index (χ1n) is 4.93. The highest BCUT2D eigenvalue weighted by Gasteiger charge is 2.68. The normalized spacial score (nSPS) is 57.6. The molecule has 3 atom stereocenters. The van der Waals surface area contributed by atoms with Gasteiger partial charge in [-0.1, -0.05) is 19.3 Å². The van der Waals surface area contributed by atoms with Crippen molar-refractivity contribution in [3.05, 3.63) is 0 Å². The SMILES string of the molecule is C1CCC2C3CCC23CC1. The third-order valence-corrected chi connectivity index (χ3v) is 4.43. The number of hydrogen-bond acceptors (Lipinski definition) is 0. The average Bonchev–Trinajstić information content (AvgIpc) is 2.43. The van der Waals surface area contributed by atoms with Gasteiger partial charge in [-0.25, -0.2) is 0 Å². The van der Waals surface area contributed by atoms with Gasteiger partial charge < -0.3 is 0 Å². The van der Waals surface area contributed by atoms with E-state index < -0.39 is 0 Å². The summed E-state index contributed by atoms with van der Waals surface area (Å²) in [6.45, 7) is 0. The highest BCUT2D eigenvalue weighted by Crippen LogP contribution is 2.76. The summed E-state index contributed by atoms with van der Waals surface area (Å²) in [4.78, 5) is 0. The topological polar surface area (TPSA) is 0 Å².